The third kappa shape index (κ3) is 1.99. The van der Waals surface area contributed by atoms with Crippen LogP contribution in [0.4, 0.5) is 5.95 Å². The molecule has 0 saturated heterocycles. The normalized spacial score (nSPS) is 10.8. The summed E-state index contributed by atoms with van der Waals surface area (Å²) in [5.41, 5.74) is -0.477. The first kappa shape index (κ1) is 11.5. The summed E-state index contributed by atoms with van der Waals surface area (Å²) in [6.07, 6.45) is 2.83. The monoisotopic (exact) mass is 276 g/mol. The molecule has 3 aromatic heterocycles. The van der Waals surface area contributed by atoms with E-state index < -0.39 is 11.5 Å². The number of anilines is 1. The zero-order valence-corrected chi connectivity index (χ0v) is 10.6. The summed E-state index contributed by atoms with van der Waals surface area (Å²) < 4.78 is 1.32. The molecule has 0 radical (unpaired) electrons. The largest absolute Gasteiger partial charge is 0.289 e. The highest BCUT2D eigenvalue weighted by Crippen LogP contribution is 2.06. The van der Waals surface area contributed by atoms with Gasteiger partial charge in [-0.3, -0.25) is 24.4 Å². The number of aromatic amines is 1. The number of nitrogens with zero attached hydrogens (tertiary/aromatic N) is 4. The van der Waals surface area contributed by atoms with Gasteiger partial charge in [-0.1, -0.05) is 0 Å². The summed E-state index contributed by atoms with van der Waals surface area (Å²) in [7, 11) is 0. The zero-order valence-electron chi connectivity index (χ0n) is 9.75. The fraction of sp³-hybridized carbons (Fsp3) is 0.100. The van der Waals surface area contributed by atoms with Crippen molar-refractivity contribution in [2.24, 2.45) is 0 Å². The molecule has 0 fully saturated rings. The number of aromatic nitrogens is 5. The van der Waals surface area contributed by atoms with Gasteiger partial charge < -0.3 is 0 Å². The predicted octanol–water partition coefficient (Wildman–Crippen LogP) is 0.435. The van der Waals surface area contributed by atoms with Crippen molar-refractivity contribution in [1.29, 1.82) is 0 Å². The van der Waals surface area contributed by atoms with Gasteiger partial charge in [0, 0.05) is 17.8 Å². The average Bonchev–Trinajstić information content (AvgIpc) is 2.99. The smallest absolute Gasteiger partial charge is 0.271 e. The highest BCUT2D eigenvalue weighted by Gasteiger charge is 2.15. The number of fused-ring (bicyclic) bond motifs is 1. The van der Waals surface area contributed by atoms with Gasteiger partial charge in [-0.25, -0.2) is 4.98 Å². The SMILES string of the molecule is Cc1nc(NC(=O)c2cnc3sccn3c2=O)n[nH]1. The Balaban J connectivity index is 1.97. The van der Waals surface area contributed by atoms with Crippen molar-refractivity contribution in [1.82, 2.24) is 24.6 Å². The highest BCUT2D eigenvalue weighted by molar-refractivity contribution is 7.15. The second-order valence-corrected chi connectivity index (χ2v) is 4.60. The van der Waals surface area contributed by atoms with Gasteiger partial charge in [0.05, 0.1) is 0 Å². The molecule has 0 saturated carbocycles. The van der Waals surface area contributed by atoms with Crippen LogP contribution >= 0.6 is 11.3 Å². The lowest BCUT2D eigenvalue weighted by Gasteiger charge is -2.00. The van der Waals surface area contributed by atoms with Crippen molar-refractivity contribution < 1.29 is 4.79 Å². The lowest BCUT2D eigenvalue weighted by atomic mass is 10.3. The Morgan fingerprint density at radius 1 is 1.53 bits per heavy atom. The lowest BCUT2D eigenvalue weighted by Crippen LogP contribution is -2.26. The van der Waals surface area contributed by atoms with Crippen LogP contribution in [-0.2, 0) is 0 Å². The first-order valence-electron chi connectivity index (χ1n) is 5.30. The molecule has 0 aliphatic heterocycles. The summed E-state index contributed by atoms with van der Waals surface area (Å²) in [6, 6.07) is 0. The topological polar surface area (TPSA) is 105 Å². The van der Waals surface area contributed by atoms with Gasteiger partial charge in [-0.2, -0.15) is 4.98 Å². The number of amides is 1. The fourth-order valence-corrected chi connectivity index (χ4v) is 2.22. The van der Waals surface area contributed by atoms with Gasteiger partial charge in [-0.15, -0.1) is 16.4 Å². The van der Waals surface area contributed by atoms with Crippen LogP contribution in [-0.4, -0.2) is 30.5 Å². The number of rotatable bonds is 2. The molecule has 0 aliphatic carbocycles. The summed E-state index contributed by atoms with van der Waals surface area (Å²) in [6.45, 7) is 1.70. The first-order chi connectivity index (χ1) is 9.15. The van der Waals surface area contributed by atoms with Gasteiger partial charge in [0.15, 0.2) is 4.96 Å². The third-order valence-electron chi connectivity index (χ3n) is 2.41. The summed E-state index contributed by atoms with van der Waals surface area (Å²) in [4.78, 5) is 32.5. The zero-order chi connectivity index (χ0) is 13.4. The maximum absolute atomic E-state index is 12.0. The molecule has 0 unspecified atom stereocenters. The molecule has 2 N–H and O–H groups in total. The molecule has 96 valence electrons. The molecule has 8 nitrogen and oxygen atoms in total. The molecule has 0 spiro atoms. The minimum Gasteiger partial charge on any atom is -0.289 e. The molecule has 0 atom stereocenters. The van der Waals surface area contributed by atoms with Gasteiger partial charge in [-0.05, 0) is 6.92 Å². The number of H-pyrrole nitrogens is 1. The van der Waals surface area contributed by atoms with Crippen molar-refractivity contribution in [2.75, 3.05) is 5.32 Å². The van der Waals surface area contributed by atoms with E-state index in [1.54, 1.807) is 18.5 Å². The number of carbonyl (C=O) groups is 1. The predicted molar refractivity (Wildman–Crippen MR) is 68.4 cm³/mol. The molecule has 3 heterocycles. The molecule has 3 rings (SSSR count). The van der Waals surface area contributed by atoms with E-state index in [1.807, 2.05) is 0 Å². The number of nitrogens with one attached hydrogen (secondary N) is 2. The highest BCUT2D eigenvalue weighted by atomic mass is 32.1. The summed E-state index contributed by atoms with van der Waals surface area (Å²) in [5.74, 6) is 0.104. The van der Waals surface area contributed by atoms with E-state index >= 15 is 0 Å². The Hall–Kier alpha value is -2.55. The van der Waals surface area contributed by atoms with Crippen molar-refractivity contribution in [2.45, 2.75) is 6.92 Å². The molecular formula is C10H8N6O2S. The molecule has 0 aliphatic rings. The van der Waals surface area contributed by atoms with Gasteiger partial charge in [0.1, 0.15) is 11.4 Å². The van der Waals surface area contributed by atoms with Crippen LogP contribution in [0.2, 0.25) is 0 Å². The number of hydrogen-bond acceptors (Lipinski definition) is 6. The van der Waals surface area contributed by atoms with E-state index in [4.69, 9.17) is 0 Å². The minimum absolute atomic E-state index is 0.0571. The number of hydrogen-bond donors (Lipinski definition) is 2. The van der Waals surface area contributed by atoms with Crippen LogP contribution in [0.1, 0.15) is 16.2 Å². The Labute approximate surface area is 110 Å². The van der Waals surface area contributed by atoms with E-state index in [0.29, 0.717) is 10.8 Å². The van der Waals surface area contributed by atoms with E-state index in [2.05, 4.69) is 25.5 Å². The Morgan fingerprint density at radius 2 is 2.37 bits per heavy atom. The standard InChI is InChI=1S/C10H8N6O2S/c1-5-12-9(15-14-5)13-7(17)6-4-11-10-16(8(6)18)2-3-19-10/h2-4H,1H3,(H2,12,13,14,15,17). The van der Waals surface area contributed by atoms with E-state index in [1.165, 1.54) is 21.9 Å². The molecule has 9 heteroatoms. The number of carbonyl (C=O) groups excluding carboxylic acids is 1. The molecular weight excluding hydrogens is 268 g/mol. The quantitative estimate of drug-likeness (QED) is 0.706. The van der Waals surface area contributed by atoms with Crippen LogP contribution in [0.3, 0.4) is 0 Å². The first-order valence-corrected chi connectivity index (χ1v) is 6.18. The van der Waals surface area contributed by atoms with Crippen LogP contribution in [0, 0.1) is 6.92 Å². The van der Waals surface area contributed by atoms with Gasteiger partial charge in [0.2, 0.25) is 5.95 Å². The minimum atomic E-state index is -0.586. The van der Waals surface area contributed by atoms with Crippen molar-refractivity contribution in [3.63, 3.8) is 0 Å². The summed E-state index contributed by atoms with van der Waals surface area (Å²) >= 11 is 1.32. The molecule has 3 aromatic rings. The molecule has 19 heavy (non-hydrogen) atoms. The van der Waals surface area contributed by atoms with Crippen molar-refractivity contribution in [3.05, 3.63) is 39.5 Å². The average molecular weight is 276 g/mol. The van der Waals surface area contributed by atoms with Crippen LogP contribution in [0.5, 0.6) is 0 Å². The van der Waals surface area contributed by atoms with Gasteiger partial charge >= 0.3 is 0 Å². The maximum Gasteiger partial charge on any atom is 0.271 e. The Bertz CT molecular complexity index is 817. The van der Waals surface area contributed by atoms with Crippen LogP contribution in [0.25, 0.3) is 4.96 Å². The third-order valence-corrected chi connectivity index (χ3v) is 3.18. The second kappa shape index (κ2) is 4.28. The number of aryl methyl sites for hydroxylation is 1. The Kier molecular flexibility index (Phi) is 2.60. The van der Waals surface area contributed by atoms with Crippen molar-refractivity contribution in [3.8, 4) is 0 Å². The maximum atomic E-state index is 12.0. The second-order valence-electron chi connectivity index (χ2n) is 3.73. The van der Waals surface area contributed by atoms with Crippen LogP contribution in [0.15, 0.2) is 22.6 Å². The van der Waals surface area contributed by atoms with Crippen LogP contribution < -0.4 is 10.9 Å². The van der Waals surface area contributed by atoms with Crippen molar-refractivity contribution >= 4 is 28.2 Å². The van der Waals surface area contributed by atoms with E-state index in [-0.39, 0.29) is 11.5 Å². The molecule has 0 bridgehead atoms. The lowest BCUT2D eigenvalue weighted by molar-refractivity contribution is 0.102. The molecule has 1 amide bonds. The molecule has 0 aromatic carbocycles. The Morgan fingerprint density at radius 3 is 3.11 bits per heavy atom. The summed E-state index contributed by atoms with van der Waals surface area (Å²) in [5, 5.41) is 10.5. The fourth-order valence-electron chi connectivity index (χ4n) is 1.55. The van der Waals surface area contributed by atoms with E-state index in [0.717, 1.165) is 0 Å². The van der Waals surface area contributed by atoms with E-state index in [9.17, 15) is 9.59 Å². The number of thiazole rings is 1. The van der Waals surface area contributed by atoms with Gasteiger partial charge in [0.25, 0.3) is 11.5 Å².